The molecule has 1 aromatic rings. The van der Waals surface area contributed by atoms with Crippen LogP contribution in [-0.4, -0.2) is 5.11 Å². The first-order chi connectivity index (χ1) is 4.20. The molecule has 1 radical (unpaired) electrons. The molecule has 9 heavy (non-hydrogen) atoms. The van der Waals surface area contributed by atoms with Crippen molar-refractivity contribution in [2.75, 3.05) is 0 Å². The molecule has 1 N–H and O–H groups in total. The predicted octanol–water partition coefficient (Wildman–Crippen LogP) is 2.26. The minimum Gasteiger partial charge on any atom is -0.508 e. The van der Waals surface area contributed by atoms with E-state index in [-0.39, 0.29) is 5.75 Å². The zero-order chi connectivity index (χ0) is 6.85. The first-order valence-corrected chi connectivity index (χ1v) is 3.07. The van der Waals surface area contributed by atoms with Crippen molar-refractivity contribution in [3.8, 4) is 5.75 Å². The SMILES string of the molecule is Cc1ccc([S])cc1O. The first kappa shape index (κ1) is 6.36. The van der Waals surface area contributed by atoms with Crippen LogP contribution in [0.4, 0.5) is 0 Å². The Balaban J connectivity index is 3.17. The smallest absolute Gasteiger partial charge is 0.119 e. The molecule has 0 aliphatic rings. The maximum Gasteiger partial charge on any atom is 0.119 e. The molecule has 0 amide bonds. The van der Waals surface area contributed by atoms with Crippen molar-refractivity contribution in [3.63, 3.8) is 0 Å². The minimum absolute atomic E-state index is 0.280. The summed E-state index contributed by atoms with van der Waals surface area (Å²) in [5.74, 6) is 0.280. The second-order valence-electron chi connectivity index (χ2n) is 1.95. The van der Waals surface area contributed by atoms with Gasteiger partial charge in [0.15, 0.2) is 0 Å². The molecule has 1 nitrogen and oxygen atoms in total. The van der Waals surface area contributed by atoms with Crippen LogP contribution in [0.2, 0.25) is 0 Å². The molecule has 0 spiro atoms. The van der Waals surface area contributed by atoms with Crippen LogP contribution in [-0.2, 0) is 0 Å². The molecule has 1 aromatic carbocycles. The molecule has 0 heterocycles. The van der Waals surface area contributed by atoms with Gasteiger partial charge in [0.2, 0.25) is 0 Å². The van der Waals surface area contributed by atoms with Gasteiger partial charge in [0, 0.05) is 4.90 Å². The molecule has 2 heteroatoms. The minimum atomic E-state index is 0.280. The second-order valence-corrected chi connectivity index (χ2v) is 2.42. The van der Waals surface area contributed by atoms with Crippen LogP contribution in [0.3, 0.4) is 0 Å². The van der Waals surface area contributed by atoms with Crippen LogP contribution in [0.5, 0.6) is 5.75 Å². The van der Waals surface area contributed by atoms with Crippen LogP contribution in [0.15, 0.2) is 23.1 Å². The fourth-order valence-corrected chi connectivity index (χ4v) is 0.769. The van der Waals surface area contributed by atoms with Crippen molar-refractivity contribution < 1.29 is 5.11 Å². The van der Waals surface area contributed by atoms with Crippen molar-refractivity contribution in [2.24, 2.45) is 0 Å². The van der Waals surface area contributed by atoms with E-state index >= 15 is 0 Å². The lowest BCUT2D eigenvalue weighted by Crippen LogP contribution is -1.72. The Morgan fingerprint density at radius 2 is 2.11 bits per heavy atom. The maximum absolute atomic E-state index is 9.03. The van der Waals surface area contributed by atoms with Crippen LogP contribution in [0.1, 0.15) is 5.56 Å². The Bertz CT molecular complexity index is 220. The van der Waals surface area contributed by atoms with E-state index in [1.165, 1.54) is 0 Å². The molecule has 0 aromatic heterocycles. The van der Waals surface area contributed by atoms with Crippen molar-refractivity contribution >= 4 is 12.6 Å². The Hall–Kier alpha value is -0.760. The lowest BCUT2D eigenvalue weighted by atomic mass is 10.2. The highest BCUT2D eigenvalue weighted by molar-refractivity contribution is 7.80. The highest BCUT2D eigenvalue weighted by Crippen LogP contribution is 2.18. The average molecular weight is 139 g/mol. The molecule has 0 fully saturated rings. The van der Waals surface area contributed by atoms with Gasteiger partial charge in [-0.15, -0.1) is 0 Å². The molecule has 0 unspecified atom stereocenters. The number of phenols is 1. The lowest BCUT2D eigenvalue weighted by molar-refractivity contribution is 0.469. The molecule has 0 saturated heterocycles. The summed E-state index contributed by atoms with van der Waals surface area (Å²) < 4.78 is 0. The monoisotopic (exact) mass is 139 g/mol. The van der Waals surface area contributed by atoms with Gasteiger partial charge in [0.05, 0.1) is 0 Å². The van der Waals surface area contributed by atoms with E-state index < -0.39 is 0 Å². The highest BCUT2D eigenvalue weighted by Gasteiger charge is 1.93. The van der Waals surface area contributed by atoms with E-state index in [1.807, 2.05) is 6.92 Å². The molecular weight excluding hydrogens is 132 g/mol. The maximum atomic E-state index is 9.03. The summed E-state index contributed by atoms with van der Waals surface area (Å²) in [6.45, 7) is 1.84. The molecule has 0 atom stereocenters. The summed E-state index contributed by atoms with van der Waals surface area (Å²) in [6, 6.07) is 5.17. The summed E-state index contributed by atoms with van der Waals surface area (Å²) >= 11 is 4.80. The topological polar surface area (TPSA) is 20.2 Å². The zero-order valence-corrected chi connectivity index (χ0v) is 5.90. The third-order valence-electron chi connectivity index (χ3n) is 1.18. The summed E-state index contributed by atoms with van der Waals surface area (Å²) in [5.41, 5.74) is 0.864. The quantitative estimate of drug-likeness (QED) is 0.584. The lowest BCUT2D eigenvalue weighted by Gasteiger charge is -1.95. The average Bonchev–Trinajstić information content (AvgIpc) is 1.80. The standard InChI is InChI=1S/C7H7OS/c1-5-2-3-6(9)4-7(5)8/h2-4,8H,1H3. The van der Waals surface area contributed by atoms with Crippen LogP contribution < -0.4 is 0 Å². The summed E-state index contributed by atoms with van der Waals surface area (Å²) in [4.78, 5) is 0.679. The molecule has 0 aliphatic carbocycles. The highest BCUT2D eigenvalue weighted by atomic mass is 32.1. The van der Waals surface area contributed by atoms with Gasteiger partial charge in [-0.05, 0) is 24.6 Å². The largest absolute Gasteiger partial charge is 0.508 e. The number of aromatic hydroxyl groups is 1. The second kappa shape index (κ2) is 2.23. The van der Waals surface area contributed by atoms with Gasteiger partial charge in [-0.25, -0.2) is 0 Å². The first-order valence-electron chi connectivity index (χ1n) is 2.67. The summed E-state index contributed by atoms with van der Waals surface area (Å²) in [7, 11) is 0. The Labute approximate surface area is 59.7 Å². The summed E-state index contributed by atoms with van der Waals surface area (Å²) in [6.07, 6.45) is 0. The van der Waals surface area contributed by atoms with E-state index in [9.17, 15) is 0 Å². The predicted molar refractivity (Wildman–Crippen MR) is 38.7 cm³/mol. The van der Waals surface area contributed by atoms with Gasteiger partial charge in [-0.1, -0.05) is 18.7 Å². The molecule has 0 aliphatic heterocycles. The molecule has 0 saturated carbocycles. The van der Waals surface area contributed by atoms with Gasteiger partial charge < -0.3 is 5.11 Å². The van der Waals surface area contributed by atoms with Crippen molar-refractivity contribution in [1.29, 1.82) is 0 Å². The third kappa shape index (κ3) is 1.33. The van der Waals surface area contributed by atoms with Gasteiger partial charge in [-0.2, -0.15) is 0 Å². The third-order valence-corrected chi connectivity index (χ3v) is 1.43. The van der Waals surface area contributed by atoms with Gasteiger partial charge in [-0.3, -0.25) is 0 Å². The van der Waals surface area contributed by atoms with Crippen LogP contribution in [0, 0.1) is 6.92 Å². The van der Waals surface area contributed by atoms with Gasteiger partial charge >= 0.3 is 0 Å². The van der Waals surface area contributed by atoms with E-state index in [0.717, 1.165) is 5.56 Å². The van der Waals surface area contributed by atoms with Crippen molar-refractivity contribution in [3.05, 3.63) is 23.8 Å². The molecule has 47 valence electrons. The number of hydrogen-bond acceptors (Lipinski definition) is 1. The van der Waals surface area contributed by atoms with E-state index in [1.54, 1.807) is 18.2 Å². The fourth-order valence-electron chi connectivity index (χ4n) is 0.589. The number of aryl methyl sites for hydroxylation is 1. The molecule has 1 rings (SSSR count). The molecule has 0 bridgehead atoms. The number of rotatable bonds is 0. The fraction of sp³-hybridized carbons (Fsp3) is 0.143. The van der Waals surface area contributed by atoms with Crippen LogP contribution in [0.25, 0.3) is 0 Å². The Kier molecular flexibility index (Phi) is 1.58. The van der Waals surface area contributed by atoms with Crippen molar-refractivity contribution in [2.45, 2.75) is 11.8 Å². The normalized spacial score (nSPS) is 9.44. The van der Waals surface area contributed by atoms with Crippen molar-refractivity contribution in [1.82, 2.24) is 0 Å². The zero-order valence-electron chi connectivity index (χ0n) is 5.09. The van der Waals surface area contributed by atoms with E-state index in [2.05, 4.69) is 0 Å². The van der Waals surface area contributed by atoms with Gasteiger partial charge in [0.1, 0.15) is 5.75 Å². The summed E-state index contributed by atoms with van der Waals surface area (Å²) in [5, 5.41) is 9.03. The molecular formula is C7H7OS. The Morgan fingerprint density at radius 1 is 1.44 bits per heavy atom. The number of phenolic OH excluding ortho intramolecular Hbond substituents is 1. The van der Waals surface area contributed by atoms with E-state index in [0.29, 0.717) is 4.90 Å². The van der Waals surface area contributed by atoms with E-state index in [4.69, 9.17) is 17.7 Å². The van der Waals surface area contributed by atoms with Crippen LogP contribution >= 0.6 is 12.6 Å². The van der Waals surface area contributed by atoms with Gasteiger partial charge in [0.25, 0.3) is 0 Å². The Morgan fingerprint density at radius 3 is 2.56 bits per heavy atom. The number of benzene rings is 1. The number of hydrogen-bond donors (Lipinski definition) is 1.